The predicted octanol–water partition coefficient (Wildman–Crippen LogP) is -4.15. The molecule has 1 aliphatic heterocycles. The molecule has 7 heteroatoms. The number of hydrogen-bond acceptors (Lipinski definition) is 5. The van der Waals surface area contributed by atoms with E-state index in [1.807, 2.05) is 0 Å². The van der Waals surface area contributed by atoms with Crippen molar-refractivity contribution in [3.8, 4) is 0 Å². The molecule has 0 aliphatic carbocycles. The van der Waals surface area contributed by atoms with E-state index in [-0.39, 0.29) is 24.5 Å². The number of aliphatic hydroxyl groups is 1. The fraction of sp³-hybridized carbons (Fsp3) is 0.857. The molecule has 0 saturated carbocycles. The number of aliphatic carboxylic acids is 1. The van der Waals surface area contributed by atoms with Crippen molar-refractivity contribution in [2.45, 2.75) is 18.6 Å². The largest absolute Gasteiger partial charge is 0.550 e. The molecule has 1 fully saturated rings. The van der Waals surface area contributed by atoms with Crippen LogP contribution in [0.2, 0.25) is 0 Å². The van der Waals surface area contributed by atoms with Gasteiger partial charge in [0.2, 0.25) is 0 Å². The van der Waals surface area contributed by atoms with Crippen molar-refractivity contribution in [3.63, 3.8) is 0 Å². The summed E-state index contributed by atoms with van der Waals surface area (Å²) in [5.74, 6) is -1.47. The monoisotopic (exact) mass is 223 g/mol. The van der Waals surface area contributed by atoms with Gasteiger partial charge in [-0.3, -0.25) is 0 Å². The summed E-state index contributed by atoms with van der Waals surface area (Å²) in [5.41, 5.74) is 0. The number of rotatable bonds is 4. The van der Waals surface area contributed by atoms with Gasteiger partial charge in [-0.15, -0.1) is 0 Å². The number of carbonyl (C=O) groups is 1. The number of nitrogens with two attached hydrogens (primary N) is 1. The van der Waals surface area contributed by atoms with Crippen LogP contribution in [0.3, 0.4) is 0 Å². The summed E-state index contributed by atoms with van der Waals surface area (Å²) in [4.78, 5) is 10.1. The van der Waals surface area contributed by atoms with E-state index in [0.29, 0.717) is 0 Å². The van der Waals surface area contributed by atoms with Crippen LogP contribution in [0.4, 0.5) is 0 Å². The van der Waals surface area contributed by atoms with Gasteiger partial charge in [0, 0.05) is 12.4 Å². The molecule has 0 radical (unpaired) electrons. The number of carbonyl (C=O) groups excluding carboxylic acids is 1. The number of quaternary nitrogens is 1. The summed E-state index contributed by atoms with van der Waals surface area (Å²) in [6.45, 7) is 0.236. The van der Waals surface area contributed by atoms with Crippen molar-refractivity contribution in [1.29, 1.82) is 0 Å². The minimum absolute atomic E-state index is 0.0821. The van der Waals surface area contributed by atoms with E-state index in [1.54, 1.807) is 5.32 Å². The SMILES string of the molecule is O=C([O-])CC[NH2+][C@H]1CS(=O)(=O)C[C@@H]1O. The van der Waals surface area contributed by atoms with Crippen molar-refractivity contribution in [3.05, 3.63) is 0 Å². The third-order valence-electron chi connectivity index (χ3n) is 2.18. The highest BCUT2D eigenvalue weighted by Gasteiger charge is 2.38. The Morgan fingerprint density at radius 1 is 1.50 bits per heavy atom. The molecule has 1 rings (SSSR count). The van der Waals surface area contributed by atoms with Crippen LogP contribution in [0.5, 0.6) is 0 Å². The first-order valence-electron chi connectivity index (χ1n) is 4.32. The second-order valence-corrected chi connectivity index (χ2v) is 5.61. The second-order valence-electron chi connectivity index (χ2n) is 3.45. The van der Waals surface area contributed by atoms with E-state index >= 15 is 0 Å². The average molecular weight is 223 g/mol. The molecule has 1 aliphatic rings. The summed E-state index contributed by atoms with van der Waals surface area (Å²) in [5, 5.41) is 20.9. The standard InChI is InChI=1S/C7H13NO5S/c9-6-4-14(12,13)3-5(6)8-2-1-7(10)11/h5-6,8-9H,1-4H2,(H,10,11)/t5-,6-/m0/s1. The number of hydrogen-bond donors (Lipinski definition) is 2. The van der Waals surface area contributed by atoms with Crippen LogP contribution < -0.4 is 10.4 Å². The number of carboxylic acid groups (broad SMARTS) is 1. The molecule has 1 saturated heterocycles. The van der Waals surface area contributed by atoms with Gasteiger partial charge < -0.3 is 20.3 Å². The molecule has 6 nitrogen and oxygen atoms in total. The molecule has 0 aromatic carbocycles. The fourth-order valence-electron chi connectivity index (χ4n) is 1.50. The van der Waals surface area contributed by atoms with Gasteiger partial charge in [-0.1, -0.05) is 0 Å². The minimum atomic E-state index is -3.14. The average Bonchev–Trinajstić information content (AvgIpc) is 2.24. The first kappa shape index (κ1) is 11.4. The molecule has 0 amide bonds. The number of aliphatic hydroxyl groups excluding tert-OH is 1. The van der Waals surface area contributed by atoms with E-state index in [9.17, 15) is 23.4 Å². The minimum Gasteiger partial charge on any atom is -0.550 e. The van der Waals surface area contributed by atoms with Crippen LogP contribution in [0.1, 0.15) is 6.42 Å². The van der Waals surface area contributed by atoms with E-state index < -0.39 is 28.0 Å². The van der Waals surface area contributed by atoms with E-state index in [2.05, 4.69) is 0 Å². The quantitative estimate of drug-likeness (QED) is 0.502. The molecular formula is C7H13NO5S. The molecular weight excluding hydrogens is 210 g/mol. The molecule has 0 unspecified atom stereocenters. The van der Waals surface area contributed by atoms with Crippen LogP contribution in [-0.4, -0.2) is 49.7 Å². The van der Waals surface area contributed by atoms with E-state index in [0.717, 1.165) is 0 Å². The van der Waals surface area contributed by atoms with E-state index in [4.69, 9.17) is 0 Å². The van der Waals surface area contributed by atoms with Crippen molar-refractivity contribution in [2.75, 3.05) is 18.1 Å². The Hall–Kier alpha value is -0.660. The van der Waals surface area contributed by atoms with Crippen molar-refractivity contribution < 1.29 is 28.7 Å². The Kier molecular flexibility index (Phi) is 3.46. The van der Waals surface area contributed by atoms with Gasteiger partial charge in [0.1, 0.15) is 17.9 Å². The normalized spacial score (nSPS) is 30.4. The zero-order valence-corrected chi connectivity index (χ0v) is 8.37. The van der Waals surface area contributed by atoms with Crippen LogP contribution in [0, 0.1) is 0 Å². The molecule has 0 aromatic heterocycles. The highest BCUT2D eigenvalue weighted by Crippen LogP contribution is 2.08. The third kappa shape index (κ3) is 3.24. The van der Waals surface area contributed by atoms with E-state index in [1.165, 1.54) is 0 Å². The fourth-order valence-corrected chi connectivity index (χ4v) is 3.34. The first-order valence-corrected chi connectivity index (χ1v) is 6.14. The van der Waals surface area contributed by atoms with Gasteiger partial charge in [-0.05, 0) is 0 Å². The summed E-state index contributed by atoms with van der Waals surface area (Å²) < 4.78 is 22.1. The zero-order chi connectivity index (χ0) is 10.8. The lowest BCUT2D eigenvalue weighted by Gasteiger charge is -2.11. The molecule has 2 atom stereocenters. The number of carboxylic acids is 1. The summed E-state index contributed by atoms with van der Waals surface area (Å²) >= 11 is 0. The Bertz CT molecular complexity index is 312. The van der Waals surface area contributed by atoms with Gasteiger partial charge in [0.05, 0.1) is 12.3 Å². The molecule has 0 aromatic rings. The van der Waals surface area contributed by atoms with Crippen molar-refractivity contribution in [1.82, 2.24) is 0 Å². The van der Waals surface area contributed by atoms with Gasteiger partial charge in [-0.25, -0.2) is 8.42 Å². The van der Waals surface area contributed by atoms with Crippen LogP contribution >= 0.6 is 0 Å². The van der Waals surface area contributed by atoms with Gasteiger partial charge in [0.15, 0.2) is 9.84 Å². The lowest BCUT2D eigenvalue weighted by atomic mass is 10.2. The maximum absolute atomic E-state index is 11.0. The van der Waals surface area contributed by atoms with Crippen LogP contribution in [-0.2, 0) is 14.6 Å². The molecule has 82 valence electrons. The van der Waals surface area contributed by atoms with Gasteiger partial charge in [0.25, 0.3) is 0 Å². The molecule has 0 spiro atoms. The Morgan fingerprint density at radius 3 is 2.57 bits per heavy atom. The highest BCUT2D eigenvalue weighted by atomic mass is 32.2. The predicted molar refractivity (Wildman–Crippen MR) is 44.9 cm³/mol. The maximum Gasteiger partial charge on any atom is 0.159 e. The Labute approximate surface area is 81.8 Å². The maximum atomic E-state index is 11.0. The molecule has 1 heterocycles. The topological polar surface area (TPSA) is 111 Å². The van der Waals surface area contributed by atoms with Crippen molar-refractivity contribution in [2.24, 2.45) is 0 Å². The van der Waals surface area contributed by atoms with Crippen LogP contribution in [0.15, 0.2) is 0 Å². The number of sulfone groups is 1. The Balaban J connectivity index is 2.36. The molecule has 3 N–H and O–H groups in total. The molecule has 14 heavy (non-hydrogen) atoms. The lowest BCUT2D eigenvalue weighted by molar-refractivity contribution is -0.690. The summed E-state index contributed by atoms with van der Waals surface area (Å²) in [6.07, 6.45) is -1.02. The van der Waals surface area contributed by atoms with Crippen molar-refractivity contribution >= 4 is 15.8 Å². The summed E-state index contributed by atoms with van der Waals surface area (Å²) in [6, 6.07) is -0.431. The Morgan fingerprint density at radius 2 is 2.14 bits per heavy atom. The molecule has 0 bridgehead atoms. The second kappa shape index (κ2) is 4.24. The highest BCUT2D eigenvalue weighted by molar-refractivity contribution is 7.91. The van der Waals surface area contributed by atoms with Gasteiger partial charge >= 0.3 is 0 Å². The zero-order valence-electron chi connectivity index (χ0n) is 7.55. The third-order valence-corrected chi connectivity index (χ3v) is 3.93. The van der Waals surface area contributed by atoms with Crippen LogP contribution in [0.25, 0.3) is 0 Å². The lowest BCUT2D eigenvalue weighted by Crippen LogP contribution is -2.93. The first-order chi connectivity index (χ1) is 6.41. The summed E-state index contributed by atoms with van der Waals surface area (Å²) in [7, 11) is -3.14. The van der Waals surface area contributed by atoms with Gasteiger partial charge in [-0.2, -0.15) is 0 Å². The smallest absolute Gasteiger partial charge is 0.159 e.